The molecule has 0 radical (unpaired) electrons. The highest BCUT2D eigenvalue weighted by atomic mass is 16.2. The number of rotatable bonds is 3. The molecule has 0 N–H and O–H groups in total. The van der Waals surface area contributed by atoms with Crippen molar-refractivity contribution in [3.05, 3.63) is 29.6 Å². The van der Waals surface area contributed by atoms with Crippen LogP contribution in [-0.2, 0) is 4.79 Å². The Balaban J connectivity index is 2.04. The number of nitrogens with zero attached hydrogens (tertiary/aromatic N) is 2. The Hall–Kier alpha value is -1.38. The molecule has 0 aliphatic carbocycles. The summed E-state index contributed by atoms with van der Waals surface area (Å²) in [4.78, 5) is 18.6. The highest BCUT2D eigenvalue weighted by molar-refractivity contribution is 5.76. The van der Waals surface area contributed by atoms with E-state index in [-0.39, 0.29) is 0 Å². The predicted molar refractivity (Wildman–Crippen MR) is 72.4 cm³/mol. The molecule has 3 heteroatoms. The number of likely N-dealkylation sites (tertiary alicyclic amines) is 1. The number of hydrogen-bond acceptors (Lipinski definition) is 2. The molecular weight excluding hydrogens is 224 g/mol. The molecule has 1 saturated heterocycles. The third-order valence-corrected chi connectivity index (χ3v) is 3.57. The first-order valence-corrected chi connectivity index (χ1v) is 6.92. The summed E-state index contributed by atoms with van der Waals surface area (Å²) in [7, 11) is 0. The van der Waals surface area contributed by atoms with Gasteiger partial charge in [-0.15, -0.1) is 0 Å². The van der Waals surface area contributed by atoms with Gasteiger partial charge in [-0.3, -0.25) is 9.78 Å². The number of aromatic nitrogens is 1. The Labute approximate surface area is 109 Å². The molecule has 3 nitrogen and oxygen atoms in total. The van der Waals surface area contributed by atoms with Crippen LogP contribution in [-0.4, -0.2) is 28.9 Å². The van der Waals surface area contributed by atoms with Gasteiger partial charge in [0.1, 0.15) is 0 Å². The van der Waals surface area contributed by atoms with Crippen molar-refractivity contribution >= 4 is 5.91 Å². The van der Waals surface area contributed by atoms with Gasteiger partial charge in [-0.25, -0.2) is 0 Å². The summed E-state index contributed by atoms with van der Waals surface area (Å²) in [5, 5.41) is 0. The van der Waals surface area contributed by atoms with Crippen molar-refractivity contribution in [3.63, 3.8) is 0 Å². The third kappa shape index (κ3) is 3.09. The number of aryl methyl sites for hydroxylation is 1. The molecule has 1 aliphatic rings. The number of piperidine rings is 1. The fourth-order valence-corrected chi connectivity index (χ4v) is 2.61. The summed E-state index contributed by atoms with van der Waals surface area (Å²) in [5.41, 5.74) is 2.20. The van der Waals surface area contributed by atoms with E-state index in [9.17, 15) is 4.79 Å². The molecule has 0 aromatic carbocycles. The van der Waals surface area contributed by atoms with E-state index in [0.717, 1.165) is 43.7 Å². The summed E-state index contributed by atoms with van der Waals surface area (Å²) < 4.78 is 0. The smallest absolute Gasteiger partial charge is 0.222 e. The zero-order valence-corrected chi connectivity index (χ0v) is 11.4. The van der Waals surface area contributed by atoms with Gasteiger partial charge in [-0.05, 0) is 38.3 Å². The van der Waals surface area contributed by atoms with Crippen molar-refractivity contribution in [1.29, 1.82) is 0 Å². The maximum atomic E-state index is 11.9. The van der Waals surface area contributed by atoms with Gasteiger partial charge in [0.15, 0.2) is 0 Å². The molecule has 2 rings (SSSR count). The molecule has 1 aliphatic heterocycles. The van der Waals surface area contributed by atoms with Crippen LogP contribution in [0.25, 0.3) is 0 Å². The van der Waals surface area contributed by atoms with Crippen molar-refractivity contribution in [2.24, 2.45) is 0 Å². The Morgan fingerprint density at radius 3 is 3.06 bits per heavy atom. The van der Waals surface area contributed by atoms with E-state index in [0.29, 0.717) is 18.2 Å². The summed E-state index contributed by atoms with van der Waals surface area (Å²) >= 11 is 0. The summed E-state index contributed by atoms with van der Waals surface area (Å²) in [6.45, 7) is 5.84. The van der Waals surface area contributed by atoms with Crippen molar-refractivity contribution in [3.8, 4) is 0 Å². The molecule has 1 aromatic heterocycles. The predicted octanol–water partition coefficient (Wildman–Crippen LogP) is 2.90. The first kappa shape index (κ1) is 13.1. The Morgan fingerprint density at radius 2 is 2.33 bits per heavy atom. The zero-order chi connectivity index (χ0) is 13.0. The summed E-state index contributed by atoms with van der Waals surface area (Å²) in [5.74, 6) is 0.717. The van der Waals surface area contributed by atoms with Crippen LogP contribution in [0.1, 0.15) is 49.9 Å². The van der Waals surface area contributed by atoms with Gasteiger partial charge < -0.3 is 4.90 Å². The Bertz CT molecular complexity index is 417. The van der Waals surface area contributed by atoms with Crippen LogP contribution in [0.4, 0.5) is 0 Å². The monoisotopic (exact) mass is 246 g/mol. The Kier molecular flexibility index (Phi) is 4.34. The zero-order valence-electron chi connectivity index (χ0n) is 11.4. The van der Waals surface area contributed by atoms with Crippen LogP contribution in [0.5, 0.6) is 0 Å². The average molecular weight is 246 g/mol. The normalized spacial score (nSPS) is 19.9. The van der Waals surface area contributed by atoms with Gasteiger partial charge >= 0.3 is 0 Å². The topological polar surface area (TPSA) is 33.2 Å². The molecule has 0 saturated carbocycles. The van der Waals surface area contributed by atoms with Gasteiger partial charge in [0, 0.05) is 36.8 Å². The number of carbonyl (C=O) groups excluding carboxylic acids is 1. The SMILES string of the molecule is CCCC(=O)N1CCC[C@@H](c2cccc(C)n2)C1. The first-order valence-electron chi connectivity index (χ1n) is 6.92. The van der Waals surface area contributed by atoms with Gasteiger partial charge in [0.2, 0.25) is 5.91 Å². The summed E-state index contributed by atoms with van der Waals surface area (Å²) in [6, 6.07) is 6.17. The molecule has 0 spiro atoms. The Morgan fingerprint density at radius 1 is 1.50 bits per heavy atom. The maximum Gasteiger partial charge on any atom is 0.222 e. The lowest BCUT2D eigenvalue weighted by molar-refractivity contribution is -0.132. The highest BCUT2D eigenvalue weighted by Crippen LogP contribution is 2.26. The van der Waals surface area contributed by atoms with Crippen molar-refractivity contribution in [1.82, 2.24) is 9.88 Å². The second kappa shape index (κ2) is 5.98. The second-order valence-electron chi connectivity index (χ2n) is 5.13. The molecule has 1 atom stereocenters. The molecule has 1 fully saturated rings. The molecular formula is C15H22N2O. The van der Waals surface area contributed by atoms with Gasteiger partial charge in [-0.2, -0.15) is 0 Å². The largest absolute Gasteiger partial charge is 0.342 e. The van der Waals surface area contributed by atoms with Gasteiger partial charge in [0.25, 0.3) is 0 Å². The van der Waals surface area contributed by atoms with E-state index in [1.165, 1.54) is 0 Å². The van der Waals surface area contributed by atoms with E-state index < -0.39 is 0 Å². The minimum atomic E-state index is 0.301. The van der Waals surface area contributed by atoms with Gasteiger partial charge in [-0.1, -0.05) is 13.0 Å². The minimum Gasteiger partial charge on any atom is -0.342 e. The van der Waals surface area contributed by atoms with Crippen LogP contribution in [0, 0.1) is 6.92 Å². The first-order chi connectivity index (χ1) is 8.70. The molecule has 98 valence electrons. The lowest BCUT2D eigenvalue weighted by Gasteiger charge is -2.32. The van der Waals surface area contributed by atoms with E-state index in [1.807, 2.05) is 17.9 Å². The standard InChI is InChI=1S/C15H22N2O/c1-3-6-15(18)17-10-5-8-13(11-17)14-9-4-7-12(2)16-14/h4,7,9,13H,3,5-6,8,10-11H2,1-2H3/t13-/m1/s1. The molecule has 0 unspecified atom stereocenters. The second-order valence-corrected chi connectivity index (χ2v) is 5.13. The quantitative estimate of drug-likeness (QED) is 0.821. The third-order valence-electron chi connectivity index (χ3n) is 3.57. The molecule has 1 amide bonds. The number of carbonyl (C=O) groups is 1. The average Bonchev–Trinajstić information content (AvgIpc) is 2.39. The van der Waals surface area contributed by atoms with Crippen molar-refractivity contribution in [2.75, 3.05) is 13.1 Å². The fourth-order valence-electron chi connectivity index (χ4n) is 2.61. The van der Waals surface area contributed by atoms with E-state index in [1.54, 1.807) is 0 Å². The van der Waals surface area contributed by atoms with E-state index in [2.05, 4.69) is 24.0 Å². The van der Waals surface area contributed by atoms with Crippen LogP contribution < -0.4 is 0 Å². The van der Waals surface area contributed by atoms with Crippen LogP contribution in [0.15, 0.2) is 18.2 Å². The molecule has 1 aromatic rings. The lowest BCUT2D eigenvalue weighted by atomic mass is 9.94. The van der Waals surface area contributed by atoms with Crippen LogP contribution in [0.3, 0.4) is 0 Å². The fraction of sp³-hybridized carbons (Fsp3) is 0.600. The van der Waals surface area contributed by atoms with E-state index in [4.69, 9.17) is 0 Å². The number of hydrogen-bond donors (Lipinski definition) is 0. The van der Waals surface area contributed by atoms with Gasteiger partial charge in [0.05, 0.1) is 0 Å². The van der Waals surface area contributed by atoms with Crippen molar-refractivity contribution in [2.45, 2.75) is 45.4 Å². The number of pyridine rings is 1. The van der Waals surface area contributed by atoms with Crippen LogP contribution >= 0.6 is 0 Å². The molecule has 18 heavy (non-hydrogen) atoms. The van der Waals surface area contributed by atoms with E-state index >= 15 is 0 Å². The summed E-state index contributed by atoms with van der Waals surface area (Å²) in [6.07, 6.45) is 3.85. The van der Waals surface area contributed by atoms with Crippen LogP contribution in [0.2, 0.25) is 0 Å². The lowest BCUT2D eigenvalue weighted by Crippen LogP contribution is -2.39. The highest BCUT2D eigenvalue weighted by Gasteiger charge is 2.24. The minimum absolute atomic E-state index is 0.301. The molecule has 0 bridgehead atoms. The molecule has 2 heterocycles. The maximum absolute atomic E-state index is 11.9. The number of amides is 1. The van der Waals surface area contributed by atoms with Crippen molar-refractivity contribution < 1.29 is 4.79 Å².